The number of amides is 1. The Labute approximate surface area is 100 Å². The van der Waals surface area contributed by atoms with Crippen molar-refractivity contribution in [1.82, 2.24) is 4.98 Å². The fourth-order valence-corrected chi connectivity index (χ4v) is 1.99. The molecule has 2 heterocycles. The Balaban J connectivity index is 2.27. The second kappa shape index (κ2) is 4.63. The molecule has 0 bridgehead atoms. The number of carbonyl (C=O) groups excluding carboxylic acids is 1. The lowest BCUT2D eigenvalue weighted by Gasteiger charge is -2.01. The summed E-state index contributed by atoms with van der Waals surface area (Å²) >= 11 is 1.24. The summed E-state index contributed by atoms with van der Waals surface area (Å²) in [6.45, 7) is 0. The van der Waals surface area contributed by atoms with Gasteiger partial charge in [-0.1, -0.05) is 0 Å². The number of thiophene rings is 1. The summed E-state index contributed by atoms with van der Waals surface area (Å²) in [5.74, 6) is -0.522. The van der Waals surface area contributed by atoms with Gasteiger partial charge in [0.1, 0.15) is 16.6 Å². The van der Waals surface area contributed by atoms with Gasteiger partial charge in [0.05, 0.1) is 5.56 Å². The first-order valence-electron chi connectivity index (χ1n) is 4.68. The van der Waals surface area contributed by atoms with Crippen molar-refractivity contribution in [2.75, 3.05) is 5.32 Å². The number of nitrogens with zero attached hydrogens (tertiary/aromatic N) is 1. The molecule has 2 rings (SSSR count). The van der Waals surface area contributed by atoms with Crippen molar-refractivity contribution in [3.8, 4) is 6.07 Å². The van der Waals surface area contributed by atoms with E-state index in [-0.39, 0.29) is 11.0 Å². The second-order valence-corrected chi connectivity index (χ2v) is 4.07. The van der Waals surface area contributed by atoms with Crippen LogP contribution in [0.1, 0.15) is 15.9 Å². The van der Waals surface area contributed by atoms with Crippen LogP contribution in [-0.2, 0) is 0 Å². The molecule has 0 aliphatic rings. The number of hydrogen-bond donors (Lipinski definition) is 2. The summed E-state index contributed by atoms with van der Waals surface area (Å²) in [7, 11) is 0. The molecule has 0 radical (unpaired) electrons. The number of pyridine rings is 1. The van der Waals surface area contributed by atoms with Crippen LogP contribution < -0.4 is 10.7 Å². The third-order valence-corrected chi connectivity index (χ3v) is 2.91. The lowest BCUT2D eigenvalue weighted by atomic mass is 10.2. The summed E-state index contributed by atoms with van der Waals surface area (Å²) in [6.07, 6.45) is 2.78. The van der Waals surface area contributed by atoms with E-state index in [1.807, 2.05) is 6.07 Å². The Morgan fingerprint density at radius 1 is 1.47 bits per heavy atom. The fourth-order valence-electron chi connectivity index (χ4n) is 1.26. The molecule has 0 unspecified atom stereocenters. The second-order valence-electron chi connectivity index (χ2n) is 3.15. The third kappa shape index (κ3) is 2.24. The molecule has 2 aromatic rings. The lowest BCUT2D eigenvalue weighted by Crippen LogP contribution is -2.20. The highest BCUT2D eigenvalue weighted by atomic mass is 32.1. The molecular weight excluding hydrogens is 238 g/mol. The highest BCUT2D eigenvalue weighted by Crippen LogP contribution is 2.22. The molecule has 0 aromatic carbocycles. The number of rotatable bonds is 2. The van der Waals surface area contributed by atoms with E-state index < -0.39 is 5.91 Å². The molecule has 0 saturated carbocycles. The van der Waals surface area contributed by atoms with Crippen molar-refractivity contribution in [2.24, 2.45) is 0 Å². The van der Waals surface area contributed by atoms with Crippen LogP contribution in [0.15, 0.2) is 34.7 Å². The summed E-state index contributed by atoms with van der Waals surface area (Å²) < 4.78 is 0. The van der Waals surface area contributed by atoms with Gasteiger partial charge >= 0.3 is 0 Å². The summed E-state index contributed by atoms with van der Waals surface area (Å²) in [6, 6.07) is 4.84. The summed E-state index contributed by atoms with van der Waals surface area (Å²) in [5.41, 5.74) is 0.0387. The average Bonchev–Trinajstić information content (AvgIpc) is 2.76. The van der Waals surface area contributed by atoms with Crippen molar-refractivity contribution in [3.63, 3.8) is 0 Å². The van der Waals surface area contributed by atoms with Crippen LogP contribution in [0.5, 0.6) is 0 Å². The zero-order chi connectivity index (χ0) is 12.3. The van der Waals surface area contributed by atoms with Crippen LogP contribution in [0.2, 0.25) is 0 Å². The predicted molar refractivity (Wildman–Crippen MR) is 64.0 cm³/mol. The van der Waals surface area contributed by atoms with Gasteiger partial charge in [0.25, 0.3) is 5.91 Å². The molecule has 1 amide bonds. The molecule has 2 N–H and O–H groups in total. The predicted octanol–water partition coefficient (Wildman–Crippen LogP) is 1.56. The van der Waals surface area contributed by atoms with Gasteiger partial charge in [-0.25, -0.2) is 0 Å². The Morgan fingerprint density at radius 2 is 2.29 bits per heavy atom. The Bertz CT molecular complexity index is 651. The van der Waals surface area contributed by atoms with Crippen LogP contribution >= 0.6 is 11.3 Å². The largest absolute Gasteiger partial charge is 0.367 e. The van der Waals surface area contributed by atoms with E-state index in [1.165, 1.54) is 29.8 Å². The van der Waals surface area contributed by atoms with Crippen LogP contribution in [0.4, 0.5) is 5.00 Å². The van der Waals surface area contributed by atoms with Crippen LogP contribution in [-0.4, -0.2) is 10.9 Å². The number of hydrogen-bond acceptors (Lipinski definition) is 4. The topological polar surface area (TPSA) is 85.8 Å². The molecule has 0 saturated heterocycles. The standard InChI is InChI=1S/C11H7N3O2S/c12-5-7-2-4-17-11(7)14-10(16)8-6-13-3-1-9(8)15/h1-4,6H,(H,13,15)(H,14,16). The summed E-state index contributed by atoms with van der Waals surface area (Å²) in [4.78, 5) is 25.8. The van der Waals surface area contributed by atoms with Crippen LogP contribution in [0.3, 0.4) is 0 Å². The van der Waals surface area contributed by atoms with Gasteiger partial charge in [-0.2, -0.15) is 5.26 Å². The van der Waals surface area contributed by atoms with E-state index in [4.69, 9.17) is 5.26 Å². The van der Waals surface area contributed by atoms with Crippen molar-refractivity contribution in [3.05, 3.63) is 51.3 Å². The van der Waals surface area contributed by atoms with Gasteiger partial charge in [0, 0.05) is 18.5 Å². The first-order chi connectivity index (χ1) is 8.22. The van der Waals surface area contributed by atoms with Crippen molar-refractivity contribution >= 4 is 22.2 Å². The normalized spacial score (nSPS) is 9.59. The molecule has 2 aromatic heterocycles. The van der Waals surface area contributed by atoms with Crippen molar-refractivity contribution in [2.45, 2.75) is 0 Å². The quantitative estimate of drug-likeness (QED) is 0.841. The molecule has 6 heteroatoms. The smallest absolute Gasteiger partial charge is 0.261 e. The zero-order valence-corrected chi connectivity index (χ0v) is 9.38. The molecule has 0 atom stereocenters. The number of H-pyrrole nitrogens is 1. The Morgan fingerprint density at radius 3 is 3.00 bits per heavy atom. The number of carbonyl (C=O) groups is 1. The van der Waals surface area contributed by atoms with E-state index >= 15 is 0 Å². The van der Waals surface area contributed by atoms with Crippen LogP contribution in [0, 0.1) is 11.3 Å². The highest BCUT2D eigenvalue weighted by molar-refractivity contribution is 7.14. The van der Waals surface area contributed by atoms with E-state index in [2.05, 4.69) is 10.3 Å². The molecule has 17 heavy (non-hydrogen) atoms. The van der Waals surface area contributed by atoms with E-state index in [1.54, 1.807) is 11.4 Å². The van der Waals surface area contributed by atoms with E-state index in [9.17, 15) is 9.59 Å². The zero-order valence-electron chi connectivity index (χ0n) is 8.56. The maximum Gasteiger partial charge on any atom is 0.261 e. The van der Waals surface area contributed by atoms with Gasteiger partial charge in [0.2, 0.25) is 0 Å². The Hall–Kier alpha value is -2.39. The number of aromatic nitrogens is 1. The highest BCUT2D eigenvalue weighted by Gasteiger charge is 2.12. The minimum Gasteiger partial charge on any atom is -0.367 e. The van der Waals surface area contributed by atoms with Crippen molar-refractivity contribution < 1.29 is 4.79 Å². The molecule has 0 spiro atoms. The minimum atomic E-state index is -0.522. The van der Waals surface area contributed by atoms with Crippen LogP contribution in [0.25, 0.3) is 0 Å². The molecule has 0 fully saturated rings. The molecule has 0 aliphatic carbocycles. The molecule has 5 nitrogen and oxygen atoms in total. The lowest BCUT2D eigenvalue weighted by molar-refractivity contribution is 0.102. The molecule has 0 aliphatic heterocycles. The molecular formula is C11H7N3O2S. The van der Waals surface area contributed by atoms with Gasteiger partial charge in [-0.15, -0.1) is 11.3 Å². The third-order valence-electron chi connectivity index (χ3n) is 2.08. The molecule has 84 valence electrons. The first-order valence-corrected chi connectivity index (χ1v) is 5.56. The SMILES string of the molecule is N#Cc1ccsc1NC(=O)c1c[nH]ccc1=O. The van der Waals surface area contributed by atoms with E-state index in [0.29, 0.717) is 10.6 Å². The monoisotopic (exact) mass is 245 g/mol. The average molecular weight is 245 g/mol. The van der Waals surface area contributed by atoms with Gasteiger partial charge in [-0.3, -0.25) is 9.59 Å². The van der Waals surface area contributed by atoms with Crippen molar-refractivity contribution in [1.29, 1.82) is 5.26 Å². The number of aromatic amines is 1. The minimum absolute atomic E-state index is 0.0183. The van der Waals surface area contributed by atoms with Gasteiger partial charge in [-0.05, 0) is 11.4 Å². The van der Waals surface area contributed by atoms with Gasteiger partial charge in [0.15, 0.2) is 5.43 Å². The Kier molecular flexibility index (Phi) is 3.03. The van der Waals surface area contributed by atoms with Gasteiger partial charge < -0.3 is 10.3 Å². The maximum absolute atomic E-state index is 11.8. The maximum atomic E-state index is 11.8. The fraction of sp³-hybridized carbons (Fsp3) is 0. The number of nitrogens with one attached hydrogen (secondary N) is 2. The number of nitriles is 1. The number of anilines is 1. The first kappa shape index (κ1) is 11.1. The van der Waals surface area contributed by atoms with E-state index in [0.717, 1.165) is 0 Å². The summed E-state index contributed by atoms with van der Waals surface area (Å²) in [5, 5.41) is 13.5.